The highest BCUT2D eigenvalue weighted by atomic mass is 35.5. The number of rotatable bonds is 3. The fraction of sp³-hybridized carbons (Fsp3) is 0.550. The molecule has 6 atom stereocenters. The maximum atomic E-state index is 13.5. The number of carbonyl (C=O) groups is 3. The Morgan fingerprint density at radius 3 is 2.83 bits per heavy atom. The first-order chi connectivity index (χ1) is 13.8. The third-order valence-electron chi connectivity index (χ3n) is 6.63. The van der Waals surface area contributed by atoms with E-state index in [0.717, 1.165) is 12.8 Å². The quantitative estimate of drug-likeness (QED) is 0.620. The third kappa shape index (κ3) is 2.53. The molecule has 8 nitrogen and oxygen atoms in total. The lowest BCUT2D eigenvalue weighted by molar-refractivity contribution is -0.144. The Morgan fingerprint density at radius 2 is 2.14 bits per heavy atom. The van der Waals surface area contributed by atoms with Gasteiger partial charge in [0.05, 0.1) is 30.6 Å². The third-order valence-corrected chi connectivity index (χ3v) is 6.87. The molecule has 1 aromatic rings. The Labute approximate surface area is 172 Å². The number of nitrogens with one attached hydrogen (secondary N) is 2. The summed E-state index contributed by atoms with van der Waals surface area (Å²) >= 11 is 6.19. The number of hydrogen-bond acceptors (Lipinski definition) is 6. The standard InChI is InChI=1S/C20H22ClN3O5/c1-9(25)16-14-15(18(27)24(17(14)26)8-11-3-2-6-29-11)20(23-16)12-7-10(21)4-5-13(12)22-19(20)28/h4-5,7,9,11,14-16,23,25H,2-3,6,8H2,1H3,(H,22,28)/t9-,11+,14+,15+,16-,20+/m0/s1. The minimum Gasteiger partial charge on any atom is -0.392 e. The van der Waals surface area contributed by atoms with Crippen molar-refractivity contribution in [3.63, 3.8) is 0 Å². The number of hydrogen-bond donors (Lipinski definition) is 3. The number of anilines is 1. The molecule has 1 spiro atoms. The summed E-state index contributed by atoms with van der Waals surface area (Å²) in [6.45, 7) is 2.35. The Hall–Kier alpha value is -2.00. The van der Waals surface area contributed by atoms with Crippen molar-refractivity contribution in [3.05, 3.63) is 28.8 Å². The highest BCUT2D eigenvalue weighted by molar-refractivity contribution is 6.31. The van der Waals surface area contributed by atoms with E-state index in [2.05, 4.69) is 10.6 Å². The summed E-state index contributed by atoms with van der Waals surface area (Å²) in [5.41, 5.74) is -0.354. The summed E-state index contributed by atoms with van der Waals surface area (Å²) in [4.78, 5) is 41.1. The van der Waals surface area contributed by atoms with Crippen LogP contribution in [0, 0.1) is 11.8 Å². The number of fused-ring (bicyclic) bond motifs is 4. The minimum atomic E-state index is -1.44. The zero-order chi connectivity index (χ0) is 20.5. The Bertz CT molecular complexity index is 915. The van der Waals surface area contributed by atoms with Gasteiger partial charge in [-0.05, 0) is 38.0 Å². The molecular formula is C20H22ClN3O5. The number of aliphatic hydroxyl groups is 1. The number of halogens is 1. The molecule has 3 fully saturated rings. The normalized spacial score (nSPS) is 36.7. The van der Waals surface area contributed by atoms with E-state index >= 15 is 0 Å². The molecule has 4 aliphatic heterocycles. The number of carbonyl (C=O) groups excluding carboxylic acids is 3. The van der Waals surface area contributed by atoms with E-state index in [-0.39, 0.29) is 18.6 Å². The zero-order valence-corrected chi connectivity index (χ0v) is 16.6. The number of amides is 3. The van der Waals surface area contributed by atoms with Crippen LogP contribution < -0.4 is 10.6 Å². The van der Waals surface area contributed by atoms with E-state index in [4.69, 9.17) is 16.3 Å². The molecule has 4 aliphatic rings. The van der Waals surface area contributed by atoms with E-state index in [0.29, 0.717) is 22.9 Å². The average molecular weight is 420 g/mol. The molecule has 0 saturated carbocycles. The molecule has 5 rings (SSSR count). The van der Waals surface area contributed by atoms with E-state index in [9.17, 15) is 19.5 Å². The average Bonchev–Trinajstić information content (AvgIpc) is 3.41. The maximum absolute atomic E-state index is 13.5. The van der Waals surface area contributed by atoms with Gasteiger partial charge >= 0.3 is 0 Å². The van der Waals surface area contributed by atoms with Crippen molar-refractivity contribution in [2.24, 2.45) is 11.8 Å². The maximum Gasteiger partial charge on any atom is 0.250 e. The summed E-state index contributed by atoms with van der Waals surface area (Å²) in [5, 5.41) is 16.8. The smallest absolute Gasteiger partial charge is 0.250 e. The molecule has 4 heterocycles. The van der Waals surface area contributed by atoms with Gasteiger partial charge in [0.1, 0.15) is 5.54 Å². The van der Waals surface area contributed by atoms with Gasteiger partial charge in [0.15, 0.2) is 0 Å². The summed E-state index contributed by atoms with van der Waals surface area (Å²) < 4.78 is 5.61. The van der Waals surface area contributed by atoms with Crippen molar-refractivity contribution in [3.8, 4) is 0 Å². The van der Waals surface area contributed by atoms with Crippen molar-refractivity contribution in [1.29, 1.82) is 0 Å². The fourth-order valence-corrected chi connectivity index (χ4v) is 5.52. The van der Waals surface area contributed by atoms with E-state index < -0.39 is 41.3 Å². The summed E-state index contributed by atoms with van der Waals surface area (Å²) in [6.07, 6.45) is 0.561. The lowest BCUT2D eigenvalue weighted by Crippen LogP contribution is -2.55. The number of nitrogens with zero attached hydrogens (tertiary/aromatic N) is 1. The molecule has 154 valence electrons. The number of likely N-dealkylation sites (tertiary alicyclic amines) is 1. The number of imide groups is 1. The predicted molar refractivity (Wildman–Crippen MR) is 103 cm³/mol. The first kappa shape index (κ1) is 19.0. The van der Waals surface area contributed by atoms with Crippen LogP contribution in [0.25, 0.3) is 0 Å². The first-order valence-corrected chi connectivity index (χ1v) is 10.3. The van der Waals surface area contributed by atoms with Crippen molar-refractivity contribution < 1.29 is 24.2 Å². The molecule has 0 aromatic heterocycles. The van der Waals surface area contributed by atoms with Crippen LogP contribution in [0.15, 0.2) is 18.2 Å². The predicted octanol–water partition coefficient (Wildman–Crippen LogP) is 0.620. The van der Waals surface area contributed by atoms with Crippen LogP contribution in [0.4, 0.5) is 5.69 Å². The molecule has 1 aromatic carbocycles. The van der Waals surface area contributed by atoms with Crippen molar-refractivity contribution >= 4 is 35.0 Å². The molecule has 0 radical (unpaired) electrons. The second-order valence-corrected chi connectivity index (χ2v) is 8.72. The summed E-state index contributed by atoms with van der Waals surface area (Å²) in [5.74, 6) is -2.97. The van der Waals surface area contributed by atoms with Crippen LogP contribution in [0.1, 0.15) is 25.3 Å². The monoisotopic (exact) mass is 419 g/mol. The number of benzene rings is 1. The SMILES string of the molecule is C[C@H](O)[C@@H]1N[C@@]2(C(=O)Nc3ccc(Cl)cc32)[C@H]2C(=O)N(C[C@H]3CCCO3)C(=O)[C@@H]12. The molecule has 0 unspecified atom stereocenters. The molecule has 3 N–H and O–H groups in total. The van der Waals surface area contributed by atoms with Gasteiger partial charge in [0, 0.05) is 28.9 Å². The van der Waals surface area contributed by atoms with Gasteiger partial charge in [-0.15, -0.1) is 0 Å². The second-order valence-electron chi connectivity index (χ2n) is 8.29. The van der Waals surface area contributed by atoms with Crippen molar-refractivity contribution in [2.75, 3.05) is 18.5 Å². The molecule has 0 aliphatic carbocycles. The van der Waals surface area contributed by atoms with Gasteiger partial charge in [0.25, 0.3) is 0 Å². The molecular weight excluding hydrogens is 398 g/mol. The van der Waals surface area contributed by atoms with Gasteiger partial charge in [-0.3, -0.25) is 24.6 Å². The topological polar surface area (TPSA) is 108 Å². The lowest BCUT2D eigenvalue weighted by Gasteiger charge is -2.30. The van der Waals surface area contributed by atoms with Crippen LogP contribution >= 0.6 is 11.6 Å². The second kappa shape index (κ2) is 6.50. The summed E-state index contributed by atoms with van der Waals surface area (Å²) in [6, 6.07) is 4.25. The Kier molecular flexibility index (Phi) is 4.26. The van der Waals surface area contributed by atoms with Crippen LogP contribution in [0.5, 0.6) is 0 Å². The number of aliphatic hydroxyl groups excluding tert-OH is 1. The first-order valence-electron chi connectivity index (χ1n) is 9.88. The van der Waals surface area contributed by atoms with E-state index in [1.807, 2.05) is 0 Å². The van der Waals surface area contributed by atoms with Crippen LogP contribution in [-0.4, -0.2) is 59.1 Å². The largest absolute Gasteiger partial charge is 0.392 e. The van der Waals surface area contributed by atoms with Gasteiger partial charge in [0.2, 0.25) is 17.7 Å². The van der Waals surface area contributed by atoms with Gasteiger partial charge in [-0.1, -0.05) is 11.6 Å². The molecule has 9 heteroatoms. The zero-order valence-electron chi connectivity index (χ0n) is 15.9. The van der Waals surface area contributed by atoms with E-state index in [1.54, 1.807) is 25.1 Å². The molecule has 29 heavy (non-hydrogen) atoms. The van der Waals surface area contributed by atoms with Crippen molar-refractivity contribution in [2.45, 2.75) is 43.6 Å². The Morgan fingerprint density at radius 1 is 1.34 bits per heavy atom. The van der Waals surface area contributed by atoms with Crippen LogP contribution in [0.2, 0.25) is 5.02 Å². The fourth-order valence-electron chi connectivity index (χ4n) is 5.35. The Balaban J connectivity index is 1.61. The minimum absolute atomic E-state index is 0.178. The van der Waals surface area contributed by atoms with Gasteiger partial charge < -0.3 is 15.2 Å². The summed E-state index contributed by atoms with van der Waals surface area (Å²) in [7, 11) is 0. The van der Waals surface area contributed by atoms with Crippen LogP contribution in [0.3, 0.4) is 0 Å². The van der Waals surface area contributed by atoms with E-state index in [1.165, 1.54) is 4.90 Å². The van der Waals surface area contributed by atoms with Gasteiger partial charge in [-0.2, -0.15) is 0 Å². The van der Waals surface area contributed by atoms with Gasteiger partial charge in [-0.25, -0.2) is 0 Å². The number of ether oxygens (including phenoxy) is 1. The highest BCUT2D eigenvalue weighted by Gasteiger charge is 2.71. The molecule has 0 bridgehead atoms. The van der Waals surface area contributed by atoms with Crippen LogP contribution in [-0.2, 0) is 24.7 Å². The lowest BCUT2D eigenvalue weighted by atomic mass is 9.76. The molecule has 3 saturated heterocycles. The van der Waals surface area contributed by atoms with Crippen molar-refractivity contribution in [1.82, 2.24) is 10.2 Å². The highest BCUT2D eigenvalue weighted by Crippen LogP contribution is 2.53. The molecule has 3 amide bonds.